The third-order valence-corrected chi connectivity index (χ3v) is 3.96. The molecule has 1 saturated heterocycles. The van der Waals surface area contributed by atoms with Gasteiger partial charge in [-0.3, -0.25) is 0 Å². The summed E-state index contributed by atoms with van der Waals surface area (Å²) in [5.41, 5.74) is 2.36. The molecule has 1 aromatic heterocycles. The first-order valence-corrected chi connectivity index (χ1v) is 7.14. The molecule has 2 aromatic rings. The van der Waals surface area contributed by atoms with E-state index in [1.165, 1.54) is 11.3 Å². The Morgan fingerprint density at radius 3 is 2.94 bits per heavy atom. The van der Waals surface area contributed by atoms with Crippen molar-refractivity contribution < 1.29 is 4.74 Å². The van der Waals surface area contributed by atoms with Crippen molar-refractivity contribution in [2.45, 2.75) is 18.9 Å². The van der Waals surface area contributed by atoms with Gasteiger partial charge in [0.1, 0.15) is 5.01 Å². The second-order valence-corrected chi connectivity index (χ2v) is 5.34. The third kappa shape index (κ3) is 2.71. The van der Waals surface area contributed by atoms with Gasteiger partial charge < -0.3 is 10.1 Å². The summed E-state index contributed by atoms with van der Waals surface area (Å²) in [7, 11) is 0. The van der Waals surface area contributed by atoms with Crippen molar-refractivity contribution in [3.05, 3.63) is 35.8 Å². The molecular formula is C14H16N2OS. The number of rotatable bonds is 3. The van der Waals surface area contributed by atoms with Gasteiger partial charge in [0.05, 0.1) is 0 Å². The molecule has 0 aliphatic carbocycles. The van der Waals surface area contributed by atoms with Crippen molar-refractivity contribution in [3.8, 4) is 10.6 Å². The van der Waals surface area contributed by atoms with Crippen LogP contribution in [0.4, 0.5) is 5.69 Å². The summed E-state index contributed by atoms with van der Waals surface area (Å²) >= 11 is 1.67. The number of aromatic nitrogens is 1. The summed E-state index contributed by atoms with van der Waals surface area (Å²) < 4.78 is 5.37. The lowest BCUT2D eigenvalue weighted by molar-refractivity contribution is 0.0904. The highest BCUT2D eigenvalue weighted by atomic mass is 32.1. The average molecular weight is 260 g/mol. The van der Waals surface area contributed by atoms with Gasteiger partial charge in [-0.15, -0.1) is 11.3 Å². The van der Waals surface area contributed by atoms with E-state index in [1.54, 1.807) is 11.3 Å². The first-order chi connectivity index (χ1) is 8.92. The Kier molecular flexibility index (Phi) is 3.57. The predicted molar refractivity (Wildman–Crippen MR) is 75.0 cm³/mol. The van der Waals surface area contributed by atoms with E-state index < -0.39 is 0 Å². The fourth-order valence-corrected chi connectivity index (χ4v) is 2.82. The molecule has 0 radical (unpaired) electrons. The summed E-state index contributed by atoms with van der Waals surface area (Å²) in [6.07, 6.45) is 4.02. The highest BCUT2D eigenvalue weighted by Gasteiger charge is 2.13. The summed E-state index contributed by atoms with van der Waals surface area (Å²) in [5.74, 6) is 0. The van der Waals surface area contributed by atoms with Gasteiger partial charge in [0.2, 0.25) is 0 Å². The maximum Gasteiger partial charge on any atom is 0.123 e. The molecular weight excluding hydrogens is 244 g/mol. The standard InChI is InChI=1S/C14H16N2OS/c1-2-11(14-15-6-9-18-14)10-13(3-1)16-12-4-7-17-8-5-12/h1-3,6,9-10,12,16H,4-5,7-8H2. The molecule has 2 heterocycles. The van der Waals surface area contributed by atoms with E-state index in [9.17, 15) is 0 Å². The maximum atomic E-state index is 5.37. The van der Waals surface area contributed by atoms with Gasteiger partial charge in [-0.2, -0.15) is 0 Å². The first-order valence-electron chi connectivity index (χ1n) is 6.26. The molecule has 0 spiro atoms. The highest BCUT2D eigenvalue weighted by molar-refractivity contribution is 7.13. The van der Waals surface area contributed by atoms with Crippen LogP contribution in [0.15, 0.2) is 35.8 Å². The SMILES string of the molecule is c1cc(NC2CCOCC2)cc(-c2nccs2)c1. The van der Waals surface area contributed by atoms with Crippen LogP contribution < -0.4 is 5.32 Å². The zero-order chi connectivity index (χ0) is 12.2. The molecule has 0 saturated carbocycles. The Morgan fingerprint density at radius 1 is 1.28 bits per heavy atom. The van der Waals surface area contributed by atoms with E-state index in [4.69, 9.17) is 4.74 Å². The second-order valence-electron chi connectivity index (χ2n) is 4.45. The van der Waals surface area contributed by atoms with Gasteiger partial charge in [0.15, 0.2) is 0 Å². The molecule has 1 N–H and O–H groups in total. The minimum absolute atomic E-state index is 0.533. The summed E-state index contributed by atoms with van der Waals surface area (Å²) in [4.78, 5) is 4.35. The zero-order valence-electron chi connectivity index (χ0n) is 10.1. The Balaban J connectivity index is 1.74. The minimum Gasteiger partial charge on any atom is -0.382 e. The Labute approximate surface area is 111 Å². The Morgan fingerprint density at radius 2 is 2.17 bits per heavy atom. The van der Waals surface area contributed by atoms with Gasteiger partial charge >= 0.3 is 0 Å². The van der Waals surface area contributed by atoms with Crippen LogP contribution in [0.3, 0.4) is 0 Å². The lowest BCUT2D eigenvalue weighted by Crippen LogP contribution is -2.27. The second kappa shape index (κ2) is 5.50. The lowest BCUT2D eigenvalue weighted by atomic mass is 10.1. The van der Waals surface area contributed by atoms with Crippen molar-refractivity contribution in [2.24, 2.45) is 0 Å². The Bertz CT molecular complexity index is 492. The predicted octanol–water partition coefficient (Wildman–Crippen LogP) is 3.40. The van der Waals surface area contributed by atoms with Crippen molar-refractivity contribution in [3.63, 3.8) is 0 Å². The molecule has 94 valence electrons. The van der Waals surface area contributed by atoms with Crippen LogP contribution in [0.25, 0.3) is 10.6 Å². The number of hydrogen-bond acceptors (Lipinski definition) is 4. The number of ether oxygens (including phenoxy) is 1. The number of nitrogens with zero attached hydrogens (tertiary/aromatic N) is 1. The van der Waals surface area contributed by atoms with Crippen LogP contribution in [-0.2, 0) is 4.74 Å². The monoisotopic (exact) mass is 260 g/mol. The maximum absolute atomic E-state index is 5.37. The van der Waals surface area contributed by atoms with Crippen LogP contribution in [0.2, 0.25) is 0 Å². The molecule has 0 atom stereocenters. The topological polar surface area (TPSA) is 34.1 Å². The largest absolute Gasteiger partial charge is 0.382 e. The number of benzene rings is 1. The van der Waals surface area contributed by atoms with E-state index in [-0.39, 0.29) is 0 Å². The van der Waals surface area contributed by atoms with Crippen molar-refractivity contribution >= 4 is 17.0 Å². The van der Waals surface area contributed by atoms with Gasteiger partial charge in [0.25, 0.3) is 0 Å². The van der Waals surface area contributed by atoms with E-state index in [1.807, 2.05) is 11.6 Å². The number of thiazole rings is 1. The molecule has 4 heteroatoms. The van der Waals surface area contributed by atoms with Gasteiger partial charge in [-0.25, -0.2) is 4.98 Å². The average Bonchev–Trinajstić information content (AvgIpc) is 2.94. The van der Waals surface area contributed by atoms with E-state index in [0.29, 0.717) is 6.04 Å². The Hall–Kier alpha value is -1.39. The van der Waals surface area contributed by atoms with Crippen LogP contribution in [0.5, 0.6) is 0 Å². The quantitative estimate of drug-likeness (QED) is 0.918. The van der Waals surface area contributed by atoms with E-state index in [0.717, 1.165) is 31.1 Å². The number of anilines is 1. The number of nitrogens with one attached hydrogen (secondary N) is 1. The fraction of sp³-hybridized carbons (Fsp3) is 0.357. The minimum atomic E-state index is 0.533. The smallest absolute Gasteiger partial charge is 0.123 e. The molecule has 1 fully saturated rings. The molecule has 3 nitrogen and oxygen atoms in total. The molecule has 1 aliphatic rings. The molecule has 0 unspecified atom stereocenters. The van der Waals surface area contributed by atoms with Crippen molar-refractivity contribution in [2.75, 3.05) is 18.5 Å². The van der Waals surface area contributed by atoms with Crippen molar-refractivity contribution in [1.82, 2.24) is 4.98 Å². The lowest BCUT2D eigenvalue weighted by Gasteiger charge is -2.24. The molecule has 0 amide bonds. The number of hydrogen-bond donors (Lipinski definition) is 1. The van der Waals surface area contributed by atoms with Gasteiger partial charge in [0, 0.05) is 42.1 Å². The van der Waals surface area contributed by atoms with Crippen LogP contribution in [0, 0.1) is 0 Å². The molecule has 1 aliphatic heterocycles. The zero-order valence-corrected chi connectivity index (χ0v) is 11.0. The summed E-state index contributed by atoms with van der Waals surface area (Å²) in [5, 5.41) is 6.66. The molecule has 18 heavy (non-hydrogen) atoms. The summed E-state index contributed by atoms with van der Waals surface area (Å²) in [6.45, 7) is 1.73. The fourth-order valence-electron chi connectivity index (χ4n) is 2.19. The first kappa shape index (κ1) is 11.7. The van der Waals surface area contributed by atoms with Crippen LogP contribution in [0.1, 0.15) is 12.8 Å². The van der Waals surface area contributed by atoms with Crippen LogP contribution in [-0.4, -0.2) is 24.2 Å². The van der Waals surface area contributed by atoms with Gasteiger partial charge in [-0.05, 0) is 25.0 Å². The van der Waals surface area contributed by atoms with E-state index >= 15 is 0 Å². The van der Waals surface area contributed by atoms with Crippen molar-refractivity contribution in [1.29, 1.82) is 0 Å². The van der Waals surface area contributed by atoms with Crippen LogP contribution >= 0.6 is 11.3 Å². The molecule has 1 aromatic carbocycles. The normalized spacial score (nSPS) is 16.7. The van der Waals surface area contributed by atoms with Gasteiger partial charge in [-0.1, -0.05) is 12.1 Å². The van der Waals surface area contributed by atoms with E-state index in [2.05, 4.69) is 34.6 Å². The molecule has 0 bridgehead atoms. The summed E-state index contributed by atoms with van der Waals surface area (Å²) in [6, 6.07) is 9.01. The molecule has 3 rings (SSSR count). The third-order valence-electron chi connectivity index (χ3n) is 3.13. The highest BCUT2D eigenvalue weighted by Crippen LogP contribution is 2.25.